The van der Waals surface area contributed by atoms with E-state index in [1.807, 2.05) is 12.1 Å². The van der Waals surface area contributed by atoms with Gasteiger partial charge in [0.2, 0.25) is 10.0 Å². The van der Waals surface area contributed by atoms with Gasteiger partial charge in [0.25, 0.3) is 5.69 Å². The van der Waals surface area contributed by atoms with Gasteiger partial charge in [-0.3, -0.25) is 10.1 Å². The molecular weight excluding hydrogens is 374 g/mol. The van der Waals surface area contributed by atoms with Gasteiger partial charge in [-0.25, -0.2) is 12.7 Å². The van der Waals surface area contributed by atoms with Crippen LogP contribution in [0, 0.1) is 10.1 Å². The molecule has 1 heterocycles. The Bertz CT molecular complexity index is 832. The average Bonchev–Trinajstić information content (AvgIpc) is 3.10. The molecule has 26 heavy (non-hydrogen) atoms. The Morgan fingerprint density at radius 1 is 1.19 bits per heavy atom. The minimum Gasteiger partial charge on any atom is -0.312 e. The first-order valence-corrected chi connectivity index (χ1v) is 10.7. The monoisotopic (exact) mass is 397 g/mol. The number of non-ortho nitro benzene ring substituents is 1. The van der Waals surface area contributed by atoms with E-state index in [-0.39, 0.29) is 11.4 Å². The van der Waals surface area contributed by atoms with E-state index in [4.69, 9.17) is 0 Å². The first-order chi connectivity index (χ1) is 12.3. The highest BCUT2D eigenvalue weighted by Crippen LogP contribution is 2.29. The fraction of sp³-hybridized carbons (Fsp3) is 0.412. The molecule has 2 rings (SSSR count). The van der Waals surface area contributed by atoms with Crippen LogP contribution in [0.15, 0.2) is 36.4 Å². The smallest absolute Gasteiger partial charge is 0.269 e. The van der Waals surface area contributed by atoms with Crippen molar-refractivity contribution in [3.8, 4) is 10.4 Å². The van der Waals surface area contributed by atoms with Crippen molar-refractivity contribution in [3.05, 3.63) is 51.4 Å². The molecule has 0 fully saturated rings. The van der Waals surface area contributed by atoms with Gasteiger partial charge in [0.15, 0.2) is 0 Å². The summed E-state index contributed by atoms with van der Waals surface area (Å²) in [5, 5.41) is 14.0. The molecule has 2 aromatic rings. The van der Waals surface area contributed by atoms with Gasteiger partial charge >= 0.3 is 0 Å². The summed E-state index contributed by atoms with van der Waals surface area (Å²) in [5.74, 6) is 0.123. The van der Waals surface area contributed by atoms with Crippen molar-refractivity contribution in [3.63, 3.8) is 0 Å². The number of nitro benzene ring substituents is 1. The zero-order chi connectivity index (χ0) is 19.2. The van der Waals surface area contributed by atoms with Crippen LogP contribution >= 0.6 is 11.3 Å². The highest BCUT2D eigenvalue weighted by molar-refractivity contribution is 7.89. The number of thiophene rings is 1. The first-order valence-electron chi connectivity index (χ1n) is 8.31. The highest BCUT2D eigenvalue weighted by atomic mass is 32.2. The second kappa shape index (κ2) is 9.22. The molecule has 0 aliphatic rings. The van der Waals surface area contributed by atoms with Crippen LogP contribution in [0.25, 0.3) is 10.4 Å². The van der Waals surface area contributed by atoms with Gasteiger partial charge in [0, 0.05) is 42.0 Å². The summed E-state index contributed by atoms with van der Waals surface area (Å²) in [7, 11) is -1.50. The summed E-state index contributed by atoms with van der Waals surface area (Å²) < 4.78 is 24.7. The third kappa shape index (κ3) is 5.60. The quantitative estimate of drug-likeness (QED) is 0.378. The van der Waals surface area contributed by atoms with Crippen molar-refractivity contribution in [2.45, 2.75) is 19.9 Å². The molecule has 0 atom stereocenters. The third-order valence-electron chi connectivity index (χ3n) is 3.99. The van der Waals surface area contributed by atoms with Crippen molar-refractivity contribution < 1.29 is 13.3 Å². The largest absolute Gasteiger partial charge is 0.312 e. The summed E-state index contributed by atoms with van der Waals surface area (Å²) >= 11 is 1.63. The maximum atomic E-state index is 11.7. The SMILES string of the molecule is CCS(=O)(=O)N(C)CCCNCc1ccc(-c2ccc([N+](=O)[O-])cc2)s1. The molecule has 9 heteroatoms. The number of sulfonamides is 1. The lowest BCUT2D eigenvalue weighted by Gasteiger charge is -2.15. The lowest BCUT2D eigenvalue weighted by Crippen LogP contribution is -2.31. The predicted molar refractivity (Wildman–Crippen MR) is 105 cm³/mol. The molecule has 1 aromatic carbocycles. The van der Waals surface area contributed by atoms with Crippen molar-refractivity contribution in [2.24, 2.45) is 0 Å². The van der Waals surface area contributed by atoms with Gasteiger partial charge < -0.3 is 5.32 Å². The molecule has 1 aromatic heterocycles. The van der Waals surface area contributed by atoms with Crippen LogP contribution in [0.4, 0.5) is 5.69 Å². The molecule has 1 N–H and O–H groups in total. The van der Waals surface area contributed by atoms with E-state index in [0.29, 0.717) is 13.1 Å². The van der Waals surface area contributed by atoms with E-state index < -0.39 is 14.9 Å². The van der Waals surface area contributed by atoms with E-state index in [0.717, 1.165) is 28.3 Å². The Morgan fingerprint density at radius 2 is 1.88 bits per heavy atom. The summed E-state index contributed by atoms with van der Waals surface area (Å²) in [6.45, 7) is 3.58. The van der Waals surface area contributed by atoms with Crippen LogP contribution in [0.3, 0.4) is 0 Å². The van der Waals surface area contributed by atoms with Gasteiger partial charge in [-0.1, -0.05) is 0 Å². The molecule has 142 valence electrons. The molecular formula is C17H23N3O4S2. The summed E-state index contributed by atoms with van der Waals surface area (Å²) in [5.41, 5.74) is 1.04. The number of nitrogens with zero attached hydrogens (tertiary/aromatic N) is 2. The van der Waals surface area contributed by atoms with Crippen molar-refractivity contribution in [1.82, 2.24) is 9.62 Å². The molecule has 0 saturated heterocycles. The normalized spacial score (nSPS) is 11.8. The lowest BCUT2D eigenvalue weighted by molar-refractivity contribution is -0.384. The molecule has 7 nitrogen and oxygen atoms in total. The highest BCUT2D eigenvalue weighted by Gasteiger charge is 2.13. The van der Waals surface area contributed by atoms with E-state index in [1.54, 1.807) is 37.4 Å². The number of hydrogen-bond donors (Lipinski definition) is 1. The molecule has 0 aliphatic heterocycles. The van der Waals surface area contributed by atoms with Gasteiger partial charge in [-0.15, -0.1) is 11.3 Å². The molecule has 0 radical (unpaired) electrons. The molecule has 0 unspecified atom stereocenters. The molecule has 0 saturated carbocycles. The zero-order valence-corrected chi connectivity index (χ0v) is 16.5. The minimum absolute atomic E-state index is 0.0854. The third-order valence-corrected chi connectivity index (χ3v) is 6.99. The predicted octanol–water partition coefficient (Wildman–Crippen LogP) is 3.08. The second-order valence-corrected chi connectivity index (χ2v) is 9.36. The van der Waals surface area contributed by atoms with E-state index >= 15 is 0 Å². The van der Waals surface area contributed by atoms with E-state index in [2.05, 4.69) is 5.32 Å². The molecule has 0 bridgehead atoms. The van der Waals surface area contributed by atoms with Gasteiger partial charge in [0.1, 0.15) is 0 Å². The number of rotatable bonds is 10. The Morgan fingerprint density at radius 3 is 2.50 bits per heavy atom. The zero-order valence-electron chi connectivity index (χ0n) is 14.8. The van der Waals surface area contributed by atoms with Crippen LogP contribution in [0.5, 0.6) is 0 Å². The fourth-order valence-electron chi connectivity index (χ4n) is 2.37. The molecule has 0 spiro atoms. The van der Waals surface area contributed by atoms with Gasteiger partial charge in [0.05, 0.1) is 10.7 Å². The molecule has 0 amide bonds. The van der Waals surface area contributed by atoms with Crippen LogP contribution < -0.4 is 5.32 Å². The Balaban J connectivity index is 1.79. The Kier molecular flexibility index (Phi) is 7.27. The van der Waals surface area contributed by atoms with Crippen LogP contribution in [-0.4, -0.2) is 43.5 Å². The standard InChI is InChI=1S/C17H23N3O4S2/c1-3-26(23,24)19(2)12-4-11-18-13-16-9-10-17(25-16)14-5-7-15(8-6-14)20(21)22/h5-10,18H,3-4,11-13H2,1-2H3. The number of benzene rings is 1. The van der Waals surface area contributed by atoms with Gasteiger partial charge in [-0.05, 0) is 49.7 Å². The van der Waals surface area contributed by atoms with Crippen molar-refractivity contribution >= 4 is 27.0 Å². The lowest BCUT2D eigenvalue weighted by atomic mass is 10.2. The van der Waals surface area contributed by atoms with Gasteiger partial charge in [-0.2, -0.15) is 0 Å². The number of nitrogens with one attached hydrogen (secondary N) is 1. The van der Waals surface area contributed by atoms with Crippen LogP contribution in [0.1, 0.15) is 18.2 Å². The van der Waals surface area contributed by atoms with Crippen LogP contribution in [0.2, 0.25) is 0 Å². The fourth-order valence-corrected chi connectivity index (χ4v) is 4.20. The molecule has 0 aliphatic carbocycles. The van der Waals surface area contributed by atoms with Crippen LogP contribution in [-0.2, 0) is 16.6 Å². The maximum absolute atomic E-state index is 11.7. The second-order valence-electron chi connectivity index (χ2n) is 5.82. The van der Waals surface area contributed by atoms with Crippen molar-refractivity contribution in [1.29, 1.82) is 0 Å². The maximum Gasteiger partial charge on any atom is 0.269 e. The summed E-state index contributed by atoms with van der Waals surface area (Å²) in [6, 6.07) is 10.6. The Labute approximate surface area is 157 Å². The van der Waals surface area contributed by atoms with E-state index in [1.165, 1.54) is 16.4 Å². The minimum atomic E-state index is -3.11. The average molecular weight is 398 g/mol. The number of nitro groups is 1. The topological polar surface area (TPSA) is 92.6 Å². The number of hydrogen-bond acceptors (Lipinski definition) is 6. The first kappa shape index (κ1) is 20.5. The summed E-state index contributed by atoms with van der Waals surface area (Å²) in [4.78, 5) is 12.5. The summed E-state index contributed by atoms with van der Waals surface area (Å²) in [6.07, 6.45) is 0.746. The van der Waals surface area contributed by atoms with Crippen molar-refractivity contribution in [2.75, 3.05) is 25.9 Å². The van der Waals surface area contributed by atoms with E-state index in [9.17, 15) is 18.5 Å². The Hall–Kier alpha value is -1.81.